The number of benzene rings is 2. The van der Waals surface area contributed by atoms with Gasteiger partial charge in [0.05, 0.1) is 0 Å². The highest BCUT2D eigenvalue weighted by Crippen LogP contribution is 2.36. The van der Waals surface area contributed by atoms with Gasteiger partial charge < -0.3 is 10.1 Å². The standard InChI is InChI=1S/C21H19F7N2O2/c22-16-10-14(13-4-2-1-3-5-13)6-7-15(16)12-30-9-8-29-11-17(30)18(31)32-19(20(23,24)25)21(26,27)28/h1-7,10,17,19,29H,8-9,11-12H2. The summed E-state index contributed by atoms with van der Waals surface area (Å²) in [5.41, 5.74) is 1.51. The monoisotopic (exact) mass is 464 g/mol. The second-order valence-corrected chi connectivity index (χ2v) is 7.26. The number of piperazine rings is 1. The van der Waals surface area contributed by atoms with Crippen LogP contribution in [0.15, 0.2) is 48.5 Å². The van der Waals surface area contributed by atoms with Gasteiger partial charge in [-0.25, -0.2) is 4.39 Å². The number of halogens is 7. The SMILES string of the molecule is O=C(OC(C(F)(F)F)C(F)(F)F)C1CNCCN1Cc1ccc(-c2ccccc2)cc1F. The van der Waals surface area contributed by atoms with Gasteiger partial charge in [-0.05, 0) is 17.2 Å². The Hall–Kier alpha value is -2.66. The number of carbonyl (C=O) groups excluding carboxylic acids is 1. The minimum Gasteiger partial charge on any atom is -0.442 e. The lowest BCUT2D eigenvalue weighted by Crippen LogP contribution is -2.57. The van der Waals surface area contributed by atoms with Gasteiger partial charge in [-0.1, -0.05) is 42.5 Å². The summed E-state index contributed by atoms with van der Waals surface area (Å²) >= 11 is 0. The topological polar surface area (TPSA) is 41.6 Å². The van der Waals surface area contributed by atoms with E-state index in [9.17, 15) is 35.5 Å². The van der Waals surface area contributed by atoms with Crippen molar-refractivity contribution in [3.05, 3.63) is 59.9 Å². The summed E-state index contributed by atoms with van der Waals surface area (Å²) in [5.74, 6) is -2.29. The molecule has 0 radical (unpaired) electrons. The Bertz CT molecular complexity index is 918. The molecular weight excluding hydrogens is 445 g/mol. The van der Waals surface area contributed by atoms with Crippen molar-refractivity contribution in [1.82, 2.24) is 10.2 Å². The maximum absolute atomic E-state index is 14.7. The molecule has 0 amide bonds. The molecule has 3 rings (SSSR count). The van der Waals surface area contributed by atoms with Crippen molar-refractivity contribution in [1.29, 1.82) is 0 Å². The average molecular weight is 464 g/mol. The van der Waals surface area contributed by atoms with Gasteiger partial charge in [-0.3, -0.25) is 9.69 Å². The maximum atomic E-state index is 14.7. The molecule has 4 nitrogen and oxygen atoms in total. The van der Waals surface area contributed by atoms with Crippen LogP contribution >= 0.6 is 0 Å². The molecule has 32 heavy (non-hydrogen) atoms. The highest BCUT2D eigenvalue weighted by Gasteiger charge is 2.60. The summed E-state index contributed by atoms with van der Waals surface area (Å²) in [6, 6.07) is 11.9. The Morgan fingerprint density at radius 2 is 1.69 bits per heavy atom. The molecule has 1 N–H and O–H groups in total. The van der Waals surface area contributed by atoms with E-state index in [0.29, 0.717) is 12.1 Å². The van der Waals surface area contributed by atoms with E-state index in [2.05, 4.69) is 10.1 Å². The molecule has 0 aliphatic carbocycles. The minimum absolute atomic E-state index is 0.0995. The molecule has 1 aliphatic rings. The van der Waals surface area contributed by atoms with Crippen molar-refractivity contribution >= 4 is 5.97 Å². The lowest BCUT2D eigenvalue weighted by Gasteiger charge is -2.35. The van der Waals surface area contributed by atoms with E-state index in [-0.39, 0.29) is 25.2 Å². The second-order valence-electron chi connectivity index (χ2n) is 7.26. The molecule has 1 saturated heterocycles. The van der Waals surface area contributed by atoms with Gasteiger partial charge in [-0.2, -0.15) is 26.3 Å². The number of rotatable bonds is 5. The van der Waals surface area contributed by atoms with E-state index in [0.717, 1.165) is 5.56 Å². The summed E-state index contributed by atoms with van der Waals surface area (Å²) in [5, 5.41) is 2.73. The molecule has 0 aromatic heterocycles. The molecule has 11 heteroatoms. The van der Waals surface area contributed by atoms with Crippen LogP contribution in [0.3, 0.4) is 0 Å². The Balaban J connectivity index is 1.76. The molecule has 1 unspecified atom stereocenters. The van der Waals surface area contributed by atoms with Crippen molar-refractivity contribution in [3.8, 4) is 11.1 Å². The maximum Gasteiger partial charge on any atom is 0.434 e. The zero-order valence-corrected chi connectivity index (χ0v) is 16.5. The molecule has 0 bridgehead atoms. The van der Waals surface area contributed by atoms with Gasteiger partial charge in [0.1, 0.15) is 11.9 Å². The lowest BCUT2D eigenvalue weighted by atomic mass is 10.0. The van der Waals surface area contributed by atoms with Gasteiger partial charge in [0.15, 0.2) is 0 Å². The summed E-state index contributed by atoms with van der Waals surface area (Å²) in [6.45, 7) is -0.00610. The van der Waals surface area contributed by atoms with E-state index >= 15 is 0 Å². The third-order valence-electron chi connectivity index (χ3n) is 4.99. The summed E-state index contributed by atoms with van der Waals surface area (Å²) in [6.07, 6.45) is -15.8. The molecule has 0 saturated carbocycles. The van der Waals surface area contributed by atoms with Crippen molar-refractivity contribution in [2.75, 3.05) is 19.6 Å². The molecule has 1 heterocycles. The van der Waals surface area contributed by atoms with Gasteiger partial charge in [0, 0.05) is 31.7 Å². The minimum atomic E-state index is -5.81. The first kappa shape index (κ1) is 24.0. The van der Waals surface area contributed by atoms with E-state index < -0.39 is 36.3 Å². The average Bonchev–Trinajstić information content (AvgIpc) is 2.72. The van der Waals surface area contributed by atoms with Crippen molar-refractivity contribution in [2.24, 2.45) is 0 Å². The number of hydrogen-bond donors (Lipinski definition) is 1. The zero-order valence-electron chi connectivity index (χ0n) is 16.5. The molecule has 1 atom stereocenters. The summed E-state index contributed by atoms with van der Waals surface area (Å²) < 4.78 is 95.0. The van der Waals surface area contributed by atoms with Crippen molar-refractivity contribution in [3.63, 3.8) is 0 Å². The Morgan fingerprint density at radius 3 is 2.28 bits per heavy atom. The third-order valence-corrected chi connectivity index (χ3v) is 4.99. The van der Waals surface area contributed by atoms with Crippen LogP contribution in [0.25, 0.3) is 11.1 Å². The zero-order chi connectivity index (χ0) is 23.5. The summed E-state index contributed by atoms with van der Waals surface area (Å²) in [4.78, 5) is 13.5. The molecule has 1 aliphatic heterocycles. The Labute approximate surface area is 179 Å². The number of ether oxygens (including phenoxy) is 1. The molecule has 174 valence electrons. The number of esters is 1. The van der Waals surface area contributed by atoms with E-state index in [1.54, 1.807) is 36.4 Å². The van der Waals surface area contributed by atoms with E-state index in [1.807, 2.05) is 0 Å². The molecule has 2 aromatic carbocycles. The number of carbonyl (C=O) groups is 1. The number of alkyl halides is 6. The number of nitrogens with one attached hydrogen (secondary N) is 1. The van der Waals surface area contributed by atoms with Crippen LogP contribution in [0.5, 0.6) is 0 Å². The molecule has 0 spiro atoms. The van der Waals surface area contributed by atoms with Crippen LogP contribution in [-0.4, -0.2) is 55.0 Å². The largest absolute Gasteiger partial charge is 0.442 e. The van der Waals surface area contributed by atoms with Gasteiger partial charge in [0.2, 0.25) is 0 Å². The number of hydrogen-bond acceptors (Lipinski definition) is 4. The number of nitrogens with zero attached hydrogens (tertiary/aromatic N) is 1. The van der Waals surface area contributed by atoms with E-state index in [1.165, 1.54) is 17.0 Å². The predicted octanol–water partition coefficient (Wildman–Crippen LogP) is 4.30. The van der Waals surface area contributed by atoms with Crippen LogP contribution < -0.4 is 5.32 Å². The van der Waals surface area contributed by atoms with Gasteiger partial charge in [-0.15, -0.1) is 0 Å². The third kappa shape index (κ3) is 5.77. The Kier molecular flexibility index (Phi) is 7.09. The van der Waals surface area contributed by atoms with Crippen molar-refractivity contribution in [2.45, 2.75) is 31.0 Å². The predicted molar refractivity (Wildman–Crippen MR) is 101 cm³/mol. The highest BCUT2D eigenvalue weighted by molar-refractivity contribution is 5.76. The van der Waals surface area contributed by atoms with Crippen LogP contribution in [-0.2, 0) is 16.1 Å². The highest BCUT2D eigenvalue weighted by atomic mass is 19.4. The van der Waals surface area contributed by atoms with Gasteiger partial charge in [0.25, 0.3) is 6.10 Å². The van der Waals surface area contributed by atoms with Crippen LogP contribution in [0, 0.1) is 5.82 Å². The van der Waals surface area contributed by atoms with Crippen LogP contribution in [0.1, 0.15) is 5.56 Å². The Morgan fingerprint density at radius 1 is 1.03 bits per heavy atom. The quantitative estimate of drug-likeness (QED) is 0.529. The van der Waals surface area contributed by atoms with E-state index in [4.69, 9.17) is 0 Å². The normalized spacial score (nSPS) is 18.1. The van der Waals surface area contributed by atoms with Crippen molar-refractivity contribution < 1.29 is 40.3 Å². The second kappa shape index (κ2) is 9.45. The molecule has 2 aromatic rings. The van der Waals surface area contributed by atoms with Gasteiger partial charge >= 0.3 is 18.3 Å². The summed E-state index contributed by atoms with van der Waals surface area (Å²) in [7, 11) is 0. The smallest absolute Gasteiger partial charge is 0.434 e. The fraction of sp³-hybridized carbons (Fsp3) is 0.381. The first-order chi connectivity index (χ1) is 15.0. The fourth-order valence-electron chi connectivity index (χ4n) is 3.39. The van der Waals surface area contributed by atoms with Crippen LogP contribution in [0.4, 0.5) is 30.7 Å². The molecule has 1 fully saturated rings. The lowest BCUT2D eigenvalue weighted by molar-refractivity contribution is -0.314. The fourth-order valence-corrected chi connectivity index (χ4v) is 3.39. The molecular formula is C21H19F7N2O2. The first-order valence-corrected chi connectivity index (χ1v) is 9.59. The van der Waals surface area contributed by atoms with Crippen LogP contribution in [0.2, 0.25) is 0 Å². The first-order valence-electron chi connectivity index (χ1n) is 9.59.